The summed E-state index contributed by atoms with van der Waals surface area (Å²) >= 11 is 5.85. The zero-order valence-corrected chi connectivity index (χ0v) is 10.6. The molecule has 94 valence electrons. The minimum absolute atomic E-state index is 0.196. The number of aromatic nitrogens is 2. The number of urea groups is 1. The zero-order valence-electron chi connectivity index (χ0n) is 9.85. The molecular weight excluding hydrogens is 252 g/mol. The van der Waals surface area contributed by atoms with E-state index in [9.17, 15) is 4.79 Å². The number of halogens is 1. The van der Waals surface area contributed by atoms with Gasteiger partial charge < -0.3 is 10.2 Å². The highest BCUT2D eigenvalue weighted by Crippen LogP contribution is 2.15. The molecule has 1 aromatic carbocycles. The van der Waals surface area contributed by atoms with Gasteiger partial charge in [-0.15, -0.1) is 0 Å². The molecule has 0 aliphatic rings. The van der Waals surface area contributed by atoms with E-state index in [1.807, 2.05) is 0 Å². The van der Waals surface area contributed by atoms with Crippen LogP contribution in [0, 0.1) is 0 Å². The highest BCUT2D eigenvalue weighted by molar-refractivity contribution is 6.30. The highest BCUT2D eigenvalue weighted by atomic mass is 35.5. The minimum Gasteiger partial charge on any atom is -0.323 e. The molecule has 2 amide bonds. The zero-order chi connectivity index (χ0) is 13.0. The van der Waals surface area contributed by atoms with Gasteiger partial charge in [0.1, 0.15) is 0 Å². The van der Waals surface area contributed by atoms with Crippen molar-refractivity contribution in [1.29, 1.82) is 0 Å². The fourth-order valence-corrected chi connectivity index (χ4v) is 1.69. The van der Waals surface area contributed by atoms with Gasteiger partial charge in [-0.1, -0.05) is 17.7 Å². The Morgan fingerprint density at radius 1 is 1.56 bits per heavy atom. The monoisotopic (exact) mass is 264 g/mol. The van der Waals surface area contributed by atoms with Crippen LogP contribution in [0.25, 0.3) is 0 Å². The lowest BCUT2D eigenvalue weighted by Gasteiger charge is -2.17. The maximum atomic E-state index is 11.9. The SMILES string of the molecule is CN(Cc1cn[nH]c1)C(=O)Nc1cccc(Cl)c1. The first-order chi connectivity index (χ1) is 8.65. The van der Waals surface area contributed by atoms with Crippen LogP contribution in [0.15, 0.2) is 36.7 Å². The van der Waals surface area contributed by atoms with Gasteiger partial charge in [0, 0.05) is 29.5 Å². The third-order valence-corrected chi connectivity index (χ3v) is 2.63. The van der Waals surface area contributed by atoms with E-state index in [0.29, 0.717) is 17.3 Å². The Balaban J connectivity index is 1.95. The number of nitrogens with one attached hydrogen (secondary N) is 2. The quantitative estimate of drug-likeness (QED) is 0.895. The third-order valence-electron chi connectivity index (χ3n) is 2.40. The topological polar surface area (TPSA) is 61.0 Å². The van der Waals surface area contributed by atoms with Gasteiger partial charge in [0.25, 0.3) is 0 Å². The molecule has 6 heteroatoms. The van der Waals surface area contributed by atoms with Crippen molar-refractivity contribution in [3.63, 3.8) is 0 Å². The van der Waals surface area contributed by atoms with E-state index in [-0.39, 0.29) is 6.03 Å². The second kappa shape index (κ2) is 5.55. The van der Waals surface area contributed by atoms with Crippen molar-refractivity contribution >= 4 is 23.3 Å². The molecule has 0 aliphatic carbocycles. The second-order valence-corrected chi connectivity index (χ2v) is 4.34. The standard InChI is InChI=1S/C12H13ClN4O/c1-17(8-9-6-14-15-7-9)12(18)16-11-4-2-3-10(13)5-11/h2-7H,8H2,1H3,(H,14,15)(H,16,18). The molecular formula is C12H13ClN4O. The molecule has 0 radical (unpaired) electrons. The first-order valence-electron chi connectivity index (χ1n) is 5.40. The summed E-state index contributed by atoms with van der Waals surface area (Å²) in [6, 6.07) is 6.83. The summed E-state index contributed by atoms with van der Waals surface area (Å²) in [7, 11) is 1.72. The Morgan fingerprint density at radius 3 is 3.06 bits per heavy atom. The van der Waals surface area contributed by atoms with Crippen molar-refractivity contribution in [3.8, 4) is 0 Å². The van der Waals surface area contributed by atoms with Crippen LogP contribution in [-0.2, 0) is 6.54 Å². The number of H-pyrrole nitrogens is 1. The van der Waals surface area contributed by atoms with Crippen molar-refractivity contribution in [2.75, 3.05) is 12.4 Å². The number of carbonyl (C=O) groups excluding carboxylic acids is 1. The Bertz CT molecular complexity index is 527. The van der Waals surface area contributed by atoms with E-state index in [2.05, 4.69) is 15.5 Å². The molecule has 2 N–H and O–H groups in total. The second-order valence-electron chi connectivity index (χ2n) is 3.90. The lowest BCUT2D eigenvalue weighted by atomic mass is 10.3. The number of rotatable bonds is 3. The van der Waals surface area contributed by atoms with Crippen molar-refractivity contribution < 1.29 is 4.79 Å². The molecule has 5 nitrogen and oxygen atoms in total. The number of hydrogen-bond donors (Lipinski definition) is 2. The van der Waals surface area contributed by atoms with Gasteiger partial charge in [0.15, 0.2) is 0 Å². The van der Waals surface area contributed by atoms with Crippen LogP contribution in [0.5, 0.6) is 0 Å². The molecule has 0 bridgehead atoms. The number of amides is 2. The van der Waals surface area contributed by atoms with E-state index >= 15 is 0 Å². The average Bonchev–Trinajstić information content (AvgIpc) is 2.81. The maximum absolute atomic E-state index is 11.9. The number of benzene rings is 1. The van der Waals surface area contributed by atoms with Gasteiger partial charge in [-0.2, -0.15) is 5.10 Å². The van der Waals surface area contributed by atoms with Crippen LogP contribution < -0.4 is 5.32 Å². The van der Waals surface area contributed by atoms with Crippen molar-refractivity contribution in [3.05, 3.63) is 47.2 Å². The molecule has 0 saturated carbocycles. The summed E-state index contributed by atoms with van der Waals surface area (Å²) in [5, 5.41) is 9.89. The number of carbonyl (C=O) groups is 1. The van der Waals surface area contributed by atoms with Crippen LogP contribution in [0.4, 0.5) is 10.5 Å². The minimum atomic E-state index is -0.196. The largest absolute Gasteiger partial charge is 0.323 e. The number of hydrogen-bond acceptors (Lipinski definition) is 2. The lowest BCUT2D eigenvalue weighted by molar-refractivity contribution is 0.220. The summed E-state index contributed by atoms with van der Waals surface area (Å²) in [5.41, 5.74) is 1.62. The third kappa shape index (κ3) is 3.24. The molecule has 0 aliphatic heterocycles. The average molecular weight is 265 g/mol. The Kier molecular flexibility index (Phi) is 3.84. The number of nitrogens with zero attached hydrogens (tertiary/aromatic N) is 2. The predicted octanol–water partition coefficient (Wildman–Crippen LogP) is 2.73. The molecule has 2 rings (SSSR count). The Hall–Kier alpha value is -2.01. The molecule has 0 fully saturated rings. The van der Waals surface area contributed by atoms with Gasteiger partial charge >= 0.3 is 6.03 Å². The van der Waals surface area contributed by atoms with Gasteiger partial charge in [-0.3, -0.25) is 5.10 Å². The lowest BCUT2D eigenvalue weighted by Crippen LogP contribution is -2.30. The van der Waals surface area contributed by atoms with Gasteiger partial charge in [0.2, 0.25) is 0 Å². The van der Waals surface area contributed by atoms with Crippen LogP contribution in [0.3, 0.4) is 0 Å². The molecule has 0 spiro atoms. The van der Waals surface area contributed by atoms with Crippen molar-refractivity contribution in [2.24, 2.45) is 0 Å². The Morgan fingerprint density at radius 2 is 2.39 bits per heavy atom. The van der Waals surface area contributed by atoms with Crippen molar-refractivity contribution in [2.45, 2.75) is 6.54 Å². The number of aromatic amines is 1. The molecule has 0 saturated heterocycles. The molecule has 0 unspecified atom stereocenters. The van der Waals surface area contributed by atoms with E-state index in [1.165, 1.54) is 0 Å². The van der Waals surface area contributed by atoms with E-state index < -0.39 is 0 Å². The highest BCUT2D eigenvalue weighted by Gasteiger charge is 2.09. The van der Waals surface area contributed by atoms with Gasteiger partial charge in [-0.25, -0.2) is 4.79 Å². The smallest absolute Gasteiger partial charge is 0.321 e. The van der Waals surface area contributed by atoms with Gasteiger partial charge in [0.05, 0.1) is 12.7 Å². The first-order valence-corrected chi connectivity index (χ1v) is 5.78. The molecule has 2 aromatic rings. The fourth-order valence-electron chi connectivity index (χ4n) is 1.49. The van der Waals surface area contributed by atoms with E-state index in [4.69, 9.17) is 11.6 Å². The summed E-state index contributed by atoms with van der Waals surface area (Å²) < 4.78 is 0. The molecule has 1 aromatic heterocycles. The fraction of sp³-hybridized carbons (Fsp3) is 0.167. The summed E-state index contributed by atoms with van der Waals surface area (Å²) in [5.74, 6) is 0. The summed E-state index contributed by atoms with van der Waals surface area (Å²) in [4.78, 5) is 13.5. The van der Waals surface area contributed by atoms with Crippen molar-refractivity contribution in [1.82, 2.24) is 15.1 Å². The number of anilines is 1. The molecule has 18 heavy (non-hydrogen) atoms. The normalized spacial score (nSPS) is 10.1. The summed E-state index contributed by atoms with van der Waals surface area (Å²) in [6.07, 6.45) is 3.44. The maximum Gasteiger partial charge on any atom is 0.321 e. The van der Waals surface area contributed by atoms with Crippen LogP contribution in [0.1, 0.15) is 5.56 Å². The Labute approximate surface area is 110 Å². The van der Waals surface area contributed by atoms with Crippen LogP contribution in [0.2, 0.25) is 5.02 Å². The molecule has 0 atom stereocenters. The van der Waals surface area contributed by atoms with E-state index in [1.54, 1.807) is 48.6 Å². The van der Waals surface area contributed by atoms with Crippen LogP contribution >= 0.6 is 11.6 Å². The van der Waals surface area contributed by atoms with E-state index in [0.717, 1.165) is 5.56 Å². The summed E-state index contributed by atoms with van der Waals surface area (Å²) in [6.45, 7) is 0.489. The van der Waals surface area contributed by atoms with Crippen LogP contribution in [-0.4, -0.2) is 28.2 Å². The predicted molar refractivity (Wildman–Crippen MR) is 70.5 cm³/mol. The van der Waals surface area contributed by atoms with Gasteiger partial charge in [-0.05, 0) is 18.2 Å². The first kappa shape index (κ1) is 12.4. The molecule has 1 heterocycles.